The van der Waals surface area contributed by atoms with Crippen LogP contribution in [0.15, 0.2) is 54.6 Å². The van der Waals surface area contributed by atoms with Gasteiger partial charge in [-0.05, 0) is 43.9 Å². The summed E-state index contributed by atoms with van der Waals surface area (Å²) in [5.74, 6) is 1.67. The van der Waals surface area contributed by atoms with Gasteiger partial charge >= 0.3 is 0 Å². The Morgan fingerprint density at radius 3 is 2.11 bits per heavy atom. The summed E-state index contributed by atoms with van der Waals surface area (Å²) < 4.78 is 5.74. The largest absolute Gasteiger partial charge is 0.457 e. The summed E-state index contributed by atoms with van der Waals surface area (Å²) in [4.78, 5) is 2.08. The molecule has 0 spiro atoms. The Kier molecular flexibility index (Phi) is 4.55. The van der Waals surface area contributed by atoms with E-state index in [2.05, 4.69) is 4.90 Å². The molecule has 0 heterocycles. The molecule has 0 bridgehead atoms. The van der Waals surface area contributed by atoms with E-state index in [4.69, 9.17) is 10.5 Å². The lowest BCUT2D eigenvalue weighted by atomic mass is 10.1. The molecule has 0 fully saturated rings. The van der Waals surface area contributed by atoms with Gasteiger partial charge in [-0.1, -0.05) is 30.3 Å². The maximum absolute atomic E-state index is 6.12. The predicted octanol–water partition coefficient (Wildman–Crippen LogP) is 3.04. The Balaban J connectivity index is 2.02. The Labute approximate surface area is 114 Å². The minimum Gasteiger partial charge on any atom is -0.457 e. The third kappa shape index (κ3) is 4.09. The predicted molar refractivity (Wildman–Crippen MR) is 78.4 cm³/mol. The Morgan fingerprint density at radius 1 is 0.947 bits per heavy atom. The van der Waals surface area contributed by atoms with Gasteiger partial charge in [-0.25, -0.2) is 0 Å². The fourth-order valence-corrected chi connectivity index (χ4v) is 1.91. The quantitative estimate of drug-likeness (QED) is 0.893. The number of hydrogen-bond acceptors (Lipinski definition) is 3. The number of benzene rings is 2. The summed E-state index contributed by atoms with van der Waals surface area (Å²) in [5, 5.41) is 0. The number of hydrogen-bond donors (Lipinski definition) is 1. The summed E-state index contributed by atoms with van der Waals surface area (Å²) in [7, 11) is 4.04. The molecule has 0 aromatic heterocycles. The molecule has 3 heteroatoms. The van der Waals surface area contributed by atoms with Crippen molar-refractivity contribution in [2.24, 2.45) is 5.73 Å². The highest BCUT2D eigenvalue weighted by Crippen LogP contribution is 2.22. The van der Waals surface area contributed by atoms with Crippen LogP contribution >= 0.6 is 0 Å². The van der Waals surface area contributed by atoms with Gasteiger partial charge < -0.3 is 15.4 Å². The van der Waals surface area contributed by atoms with Crippen LogP contribution in [0.2, 0.25) is 0 Å². The Morgan fingerprint density at radius 2 is 1.53 bits per heavy atom. The van der Waals surface area contributed by atoms with Crippen LogP contribution in [-0.4, -0.2) is 25.5 Å². The van der Waals surface area contributed by atoms with Gasteiger partial charge in [-0.3, -0.25) is 0 Å². The van der Waals surface area contributed by atoms with Crippen molar-refractivity contribution >= 4 is 0 Å². The van der Waals surface area contributed by atoms with E-state index in [1.807, 2.05) is 68.7 Å². The zero-order chi connectivity index (χ0) is 13.7. The van der Waals surface area contributed by atoms with Crippen molar-refractivity contribution in [2.45, 2.75) is 6.04 Å². The van der Waals surface area contributed by atoms with Crippen molar-refractivity contribution in [3.05, 3.63) is 60.2 Å². The van der Waals surface area contributed by atoms with E-state index in [0.29, 0.717) is 0 Å². The summed E-state index contributed by atoms with van der Waals surface area (Å²) >= 11 is 0. The molecule has 1 unspecified atom stereocenters. The lowest BCUT2D eigenvalue weighted by Crippen LogP contribution is -2.25. The van der Waals surface area contributed by atoms with E-state index in [1.165, 1.54) is 0 Å². The third-order valence-electron chi connectivity index (χ3n) is 2.85. The minimum absolute atomic E-state index is 0.0285. The molecule has 0 saturated carbocycles. The second kappa shape index (κ2) is 6.36. The molecule has 2 aromatic rings. The van der Waals surface area contributed by atoms with Crippen molar-refractivity contribution in [2.75, 3.05) is 20.6 Å². The van der Waals surface area contributed by atoms with Crippen LogP contribution in [0.3, 0.4) is 0 Å². The van der Waals surface area contributed by atoms with Crippen LogP contribution in [0.1, 0.15) is 11.6 Å². The average Bonchev–Trinajstić information content (AvgIpc) is 2.40. The molecule has 0 aliphatic heterocycles. The first kappa shape index (κ1) is 13.6. The topological polar surface area (TPSA) is 38.5 Å². The highest BCUT2D eigenvalue weighted by molar-refractivity contribution is 5.33. The summed E-state index contributed by atoms with van der Waals surface area (Å²) in [6, 6.07) is 17.7. The van der Waals surface area contributed by atoms with Crippen LogP contribution in [-0.2, 0) is 0 Å². The van der Waals surface area contributed by atoms with E-state index >= 15 is 0 Å². The van der Waals surface area contributed by atoms with Gasteiger partial charge in [-0.15, -0.1) is 0 Å². The van der Waals surface area contributed by atoms with Crippen LogP contribution in [0.5, 0.6) is 11.5 Å². The van der Waals surface area contributed by atoms with E-state index in [1.54, 1.807) is 0 Å². The lowest BCUT2D eigenvalue weighted by Gasteiger charge is -2.17. The average molecular weight is 256 g/mol. The molecule has 0 aliphatic rings. The van der Waals surface area contributed by atoms with Gasteiger partial charge in [0, 0.05) is 12.6 Å². The van der Waals surface area contributed by atoms with E-state index in [0.717, 1.165) is 23.6 Å². The van der Waals surface area contributed by atoms with Gasteiger partial charge in [0.1, 0.15) is 11.5 Å². The molecular formula is C16H20N2O. The Bertz CT molecular complexity index is 494. The second-order valence-corrected chi connectivity index (χ2v) is 4.85. The monoisotopic (exact) mass is 256 g/mol. The third-order valence-corrected chi connectivity index (χ3v) is 2.85. The molecule has 0 radical (unpaired) electrons. The summed E-state index contributed by atoms with van der Waals surface area (Å²) in [5.41, 5.74) is 7.24. The normalized spacial score (nSPS) is 12.4. The fourth-order valence-electron chi connectivity index (χ4n) is 1.91. The maximum atomic E-state index is 6.12. The Hall–Kier alpha value is -1.84. The van der Waals surface area contributed by atoms with Crippen LogP contribution in [0.25, 0.3) is 0 Å². The maximum Gasteiger partial charge on any atom is 0.127 e. The number of likely N-dealkylation sites (N-methyl/N-ethyl adjacent to an activating group) is 1. The highest BCUT2D eigenvalue weighted by Gasteiger charge is 2.07. The number of nitrogens with zero attached hydrogens (tertiary/aromatic N) is 1. The summed E-state index contributed by atoms with van der Waals surface area (Å²) in [6.07, 6.45) is 0. The van der Waals surface area contributed by atoms with Crippen LogP contribution in [0.4, 0.5) is 0 Å². The van der Waals surface area contributed by atoms with E-state index in [9.17, 15) is 0 Å². The molecule has 2 aromatic carbocycles. The van der Waals surface area contributed by atoms with E-state index in [-0.39, 0.29) is 6.04 Å². The number of para-hydroxylation sites is 1. The number of nitrogens with two attached hydrogens (primary N) is 1. The zero-order valence-corrected chi connectivity index (χ0v) is 11.4. The minimum atomic E-state index is 0.0285. The highest BCUT2D eigenvalue weighted by atomic mass is 16.5. The molecule has 19 heavy (non-hydrogen) atoms. The van der Waals surface area contributed by atoms with Crippen molar-refractivity contribution < 1.29 is 4.74 Å². The van der Waals surface area contributed by atoms with Gasteiger partial charge in [0.25, 0.3) is 0 Å². The number of ether oxygens (including phenoxy) is 1. The van der Waals surface area contributed by atoms with Crippen molar-refractivity contribution in [3.8, 4) is 11.5 Å². The van der Waals surface area contributed by atoms with Crippen molar-refractivity contribution in [1.82, 2.24) is 4.90 Å². The number of rotatable bonds is 5. The van der Waals surface area contributed by atoms with Gasteiger partial charge in [0.2, 0.25) is 0 Å². The molecule has 1 atom stereocenters. The van der Waals surface area contributed by atoms with Gasteiger partial charge in [-0.2, -0.15) is 0 Å². The molecule has 0 aliphatic carbocycles. The first-order valence-corrected chi connectivity index (χ1v) is 6.38. The smallest absolute Gasteiger partial charge is 0.127 e. The lowest BCUT2D eigenvalue weighted by molar-refractivity contribution is 0.376. The molecule has 100 valence electrons. The molecular weight excluding hydrogens is 236 g/mol. The zero-order valence-electron chi connectivity index (χ0n) is 11.4. The fraction of sp³-hybridized carbons (Fsp3) is 0.250. The van der Waals surface area contributed by atoms with Crippen LogP contribution in [0, 0.1) is 0 Å². The molecule has 0 amide bonds. The van der Waals surface area contributed by atoms with Gasteiger partial charge in [0.15, 0.2) is 0 Å². The molecule has 2 N–H and O–H groups in total. The van der Waals surface area contributed by atoms with E-state index < -0.39 is 0 Å². The first-order valence-electron chi connectivity index (χ1n) is 6.38. The van der Waals surface area contributed by atoms with Crippen LogP contribution < -0.4 is 10.5 Å². The molecule has 2 rings (SSSR count). The SMILES string of the molecule is CN(C)CC(N)c1ccc(Oc2ccccc2)cc1. The van der Waals surface area contributed by atoms with Gasteiger partial charge in [0.05, 0.1) is 0 Å². The molecule has 0 saturated heterocycles. The molecule has 3 nitrogen and oxygen atoms in total. The van der Waals surface area contributed by atoms with Crippen molar-refractivity contribution in [1.29, 1.82) is 0 Å². The second-order valence-electron chi connectivity index (χ2n) is 4.85. The standard InChI is InChI=1S/C16H20N2O/c1-18(2)12-16(17)13-8-10-15(11-9-13)19-14-6-4-3-5-7-14/h3-11,16H,12,17H2,1-2H3. The van der Waals surface area contributed by atoms with Crippen molar-refractivity contribution in [3.63, 3.8) is 0 Å². The summed E-state index contributed by atoms with van der Waals surface area (Å²) in [6.45, 7) is 0.832. The first-order chi connectivity index (χ1) is 9.15.